The lowest BCUT2D eigenvalue weighted by Gasteiger charge is -1.96. The summed E-state index contributed by atoms with van der Waals surface area (Å²) in [5.74, 6) is 0. The topological polar surface area (TPSA) is 12.0 Å². The molecular formula is C9H19N. The number of hydrogen-bond acceptors (Lipinski definition) is 1. The third-order valence-corrected chi connectivity index (χ3v) is 1.38. The Balaban J connectivity index is 2.83. The van der Waals surface area contributed by atoms with Gasteiger partial charge < -0.3 is 5.32 Å². The zero-order valence-corrected chi connectivity index (χ0v) is 7.19. The van der Waals surface area contributed by atoms with Gasteiger partial charge in [-0.2, -0.15) is 0 Å². The van der Waals surface area contributed by atoms with E-state index < -0.39 is 0 Å². The van der Waals surface area contributed by atoms with Gasteiger partial charge in [-0.15, -0.1) is 0 Å². The van der Waals surface area contributed by atoms with Crippen LogP contribution in [0.4, 0.5) is 0 Å². The highest BCUT2D eigenvalue weighted by molar-refractivity contribution is 4.79. The van der Waals surface area contributed by atoms with E-state index in [1.54, 1.807) is 0 Å². The smallest absolute Gasteiger partial charge is 0.00461 e. The van der Waals surface area contributed by atoms with Gasteiger partial charge in [-0.3, -0.25) is 0 Å². The van der Waals surface area contributed by atoms with Crippen molar-refractivity contribution in [3.8, 4) is 0 Å². The largest absolute Gasteiger partial charge is 0.317 e. The summed E-state index contributed by atoms with van der Waals surface area (Å²) in [5.41, 5.74) is 0. The molecule has 1 nitrogen and oxygen atoms in total. The van der Waals surface area contributed by atoms with Gasteiger partial charge in [0.1, 0.15) is 0 Å². The highest BCUT2D eigenvalue weighted by atomic mass is 14.8. The Hall–Kier alpha value is -0.300. The van der Waals surface area contributed by atoms with Gasteiger partial charge in [0, 0.05) is 0 Å². The second-order valence-electron chi connectivity index (χ2n) is 2.38. The number of allylic oxidation sites excluding steroid dienone is 2. The Kier molecular flexibility index (Phi) is 8.44. The van der Waals surface area contributed by atoms with Gasteiger partial charge in [0.15, 0.2) is 0 Å². The molecule has 1 N–H and O–H groups in total. The molecule has 10 heavy (non-hydrogen) atoms. The van der Waals surface area contributed by atoms with E-state index in [1.165, 1.54) is 19.3 Å². The third kappa shape index (κ3) is 7.70. The number of hydrogen-bond donors (Lipinski definition) is 1. The summed E-state index contributed by atoms with van der Waals surface area (Å²) in [4.78, 5) is 0. The van der Waals surface area contributed by atoms with Crippen LogP contribution < -0.4 is 5.32 Å². The summed E-state index contributed by atoms with van der Waals surface area (Å²) in [6.45, 7) is 6.56. The maximum atomic E-state index is 3.29. The molecule has 60 valence electrons. The lowest BCUT2D eigenvalue weighted by atomic mass is 10.2. The first kappa shape index (κ1) is 9.70. The summed E-state index contributed by atoms with van der Waals surface area (Å²) in [6, 6.07) is 0. The standard InChI is InChI=1S/C9H19N/c1-3-5-6-7-8-9-10-4-2/h5-6,10H,3-4,7-9H2,1-2H3. The van der Waals surface area contributed by atoms with Crippen molar-refractivity contribution in [1.29, 1.82) is 0 Å². The van der Waals surface area contributed by atoms with Crippen LogP contribution in [0.3, 0.4) is 0 Å². The molecule has 0 radical (unpaired) electrons. The van der Waals surface area contributed by atoms with Crippen molar-refractivity contribution in [2.45, 2.75) is 33.1 Å². The molecule has 0 fully saturated rings. The van der Waals surface area contributed by atoms with E-state index in [1.807, 2.05) is 0 Å². The van der Waals surface area contributed by atoms with Crippen LogP contribution in [-0.2, 0) is 0 Å². The molecule has 0 unspecified atom stereocenters. The van der Waals surface area contributed by atoms with Crippen molar-refractivity contribution in [2.75, 3.05) is 13.1 Å². The third-order valence-electron chi connectivity index (χ3n) is 1.38. The zero-order valence-electron chi connectivity index (χ0n) is 7.19. The second kappa shape index (κ2) is 8.70. The van der Waals surface area contributed by atoms with Crippen molar-refractivity contribution in [2.24, 2.45) is 0 Å². The Morgan fingerprint density at radius 3 is 2.60 bits per heavy atom. The SMILES string of the molecule is CCC=CCCCNCC. The van der Waals surface area contributed by atoms with Crippen LogP contribution >= 0.6 is 0 Å². The second-order valence-corrected chi connectivity index (χ2v) is 2.38. The molecule has 0 aromatic carbocycles. The van der Waals surface area contributed by atoms with Crippen LogP contribution in [0, 0.1) is 0 Å². The Morgan fingerprint density at radius 2 is 2.00 bits per heavy atom. The van der Waals surface area contributed by atoms with E-state index in [0.717, 1.165) is 13.1 Å². The molecular weight excluding hydrogens is 122 g/mol. The fourth-order valence-corrected chi connectivity index (χ4v) is 0.806. The fraction of sp³-hybridized carbons (Fsp3) is 0.778. The Bertz CT molecular complexity index is 76.8. The predicted molar refractivity (Wildman–Crippen MR) is 47.2 cm³/mol. The Labute approximate surface area is 64.5 Å². The molecule has 0 saturated carbocycles. The van der Waals surface area contributed by atoms with Gasteiger partial charge in [0.05, 0.1) is 0 Å². The van der Waals surface area contributed by atoms with Gasteiger partial charge in [-0.05, 0) is 32.4 Å². The van der Waals surface area contributed by atoms with E-state index >= 15 is 0 Å². The van der Waals surface area contributed by atoms with Gasteiger partial charge in [-0.1, -0.05) is 26.0 Å². The maximum absolute atomic E-state index is 3.29. The molecule has 0 bridgehead atoms. The minimum Gasteiger partial charge on any atom is -0.317 e. The van der Waals surface area contributed by atoms with Crippen molar-refractivity contribution in [1.82, 2.24) is 5.32 Å². The average Bonchev–Trinajstić information content (AvgIpc) is 1.97. The first-order valence-electron chi connectivity index (χ1n) is 4.27. The van der Waals surface area contributed by atoms with Crippen LogP contribution in [0.2, 0.25) is 0 Å². The molecule has 0 aromatic heterocycles. The van der Waals surface area contributed by atoms with Crippen molar-refractivity contribution in [3.63, 3.8) is 0 Å². The highest BCUT2D eigenvalue weighted by Crippen LogP contribution is 1.90. The lowest BCUT2D eigenvalue weighted by Crippen LogP contribution is -2.13. The normalized spacial score (nSPS) is 11.0. The zero-order chi connectivity index (χ0) is 7.66. The summed E-state index contributed by atoms with van der Waals surface area (Å²) < 4.78 is 0. The van der Waals surface area contributed by atoms with Gasteiger partial charge in [0.25, 0.3) is 0 Å². The Morgan fingerprint density at radius 1 is 1.20 bits per heavy atom. The van der Waals surface area contributed by atoms with E-state index in [-0.39, 0.29) is 0 Å². The number of rotatable bonds is 6. The van der Waals surface area contributed by atoms with Crippen LogP contribution in [-0.4, -0.2) is 13.1 Å². The van der Waals surface area contributed by atoms with Gasteiger partial charge in [0.2, 0.25) is 0 Å². The van der Waals surface area contributed by atoms with E-state index in [0.29, 0.717) is 0 Å². The minimum atomic E-state index is 1.09. The summed E-state index contributed by atoms with van der Waals surface area (Å²) >= 11 is 0. The van der Waals surface area contributed by atoms with E-state index in [4.69, 9.17) is 0 Å². The average molecular weight is 141 g/mol. The quantitative estimate of drug-likeness (QED) is 0.442. The first-order valence-corrected chi connectivity index (χ1v) is 4.27. The van der Waals surface area contributed by atoms with Crippen molar-refractivity contribution in [3.05, 3.63) is 12.2 Å². The number of unbranched alkanes of at least 4 members (excludes halogenated alkanes) is 1. The maximum Gasteiger partial charge on any atom is -0.00461 e. The summed E-state index contributed by atoms with van der Waals surface area (Å²) in [6.07, 6.45) is 8.15. The first-order chi connectivity index (χ1) is 4.91. The molecule has 0 aliphatic heterocycles. The fourth-order valence-electron chi connectivity index (χ4n) is 0.806. The lowest BCUT2D eigenvalue weighted by molar-refractivity contribution is 0.679. The van der Waals surface area contributed by atoms with E-state index in [2.05, 4.69) is 31.3 Å². The predicted octanol–water partition coefficient (Wildman–Crippen LogP) is 2.34. The summed E-state index contributed by atoms with van der Waals surface area (Å²) in [7, 11) is 0. The van der Waals surface area contributed by atoms with Crippen molar-refractivity contribution >= 4 is 0 Å². The molecule has 0 atom stereocenters. The molecule has 0 spiro atoms. The minimum absolute atomic E-state index is 1.09. The number of nitrogens with one attached hydrogen (secondary N) is 1. The van der Waals surface area contributed by atoms with Crippen LogP contribution in [0.1, 0.15) is 33.1 Å². The monoisotopic (exact) mass is 141 g/mol. The molecule has 0 amide bonds. The molecule has 0 heterocycles. The summed E-state index contributed by atoms with van der Waals surface area (Å²) in [5, 5.41) is 3.29. The van der Waals surface area contributed by atoms with Crippen molar-refractivity contribution < 1.29 is 0 Å². The molecule has 0 aliphatic carbocycles. The van der Waals surface area contributed by atoms with Crippen LogP contribution in [0.15, 0.2) is 12.2 Å². The van der Waals surface area contributed by atoms with E-state index in [9.17, 15) is 0 Å². The highest BCUT2D eigenvalue weighted by Gasteiger charge is 1.80. The molecule has 1 heteroatoms. The van der Waals surface area contributed by atoms with Gasteiger partial charge in [-0.25, -0.2) is 0 Å². The van der Waals surface area contributed by atoms with Crippen LogP contribution in [0.5, 0.6) is 0 Å². The molecule has 0 aromatic rings. The molecule has 0 saturated heterocycles. The molecule has 0 aliphatic rings. The molecule has 0 rings (SSSR count). The van der Waals surface area contributed by atoms with Crippen LogP contribution in [0.25, 0.3) is 0 Å². The van der Waals surface area contributed by atoms with Gasteiger partial charge >= 0.3 is 0 Å².